The van der Waals surface area contributed by atoms with Gasteiger partial charge in [0, 0.05) is 24.4 Å². The van der Waals surface area contributed by atoms with Gasteiger partial charge in [-0.05, 0) is 34.1 Å². The third-order valence-electron chi connectivity index (χ3n) is 2.19. The number of benzene rings is 1. The second-order valence-corrected chi connectivity index (χ2v) is 7.20. The molecule has 6 heteroatoms. The Morgan fingerprint density at radius 1 is 1.18 bits per heavy atom. The van der Waals surface area contributed by atoms with Crippen LogP contribution in [0.1, 0.15) is 16.5 Å². The fourth-order valence-corrected chi connectivity index (χ4v) is 3.89. The number of halogens is 4. The standard InChI is InChI=1S/C11H6Br2Cl2OS/c12-5-1-2-6(8(14)3-5)10(16)9-4-7(13)11(15)17-9/h1-4,10,16H. The number of aliphatic hydroxyl groups excluding tert-OH is 1. The largest absolute Gasteiger partial charge is 0.383 e. The molecule has 1 N–H and O–H groups in total. The van der Waals surface area contributed by atoms with Gasteiger partial charge in [-0.1, -0.05) is 45.2 Å². The van der Waals surface area contributed by atoms with Gasteiger partial charge >= 0.3 is 0 Å². The summed E-state index contributed by atoms with van der Waals surface area (Å²) < 4.78 is 2.28. The highest BCUT2D eigenvalue weighted by Gasteiger charge is 2.17. The zero-order valence-corrected chi connectivity index (χ0v) is 13.8. The molecule has 1 aromatic carbocycles. The van der Waals surface area contributed by atoms with E-state index in [1.54, 1.807) is 18.2 Å². The summed E-state index contributed by atoms with van der Waals surface area (Å²) in [6.07, 6.45) is -0.760. The highest BCUT2D eigenvalue weighted by molar-refractivity contribution is 9.10. The van der Waals surface area contributed by atoms with E-state index in [-0.39, 0.29) is 0 Å². The molecular weight excluding hydrogens is 411 g/mol. The summed E-state index contributed by atoms with van der Waals surface area (Å²) in [5.41, 5.74) is 0.667. The van der Waals surface area contributed by atoms with E-state index in [1.807, 2.05) is 6.07 Å². The maximum Gasteiger partial charge on any atom is 0.115 e. The van der Waals surface area contributed by atoms with Gasteiger partial charge in [0.15, 0.2) is 0 Å². The van der Waals surface area contributed by atoms with Crippen molar-refractivity contribution in [1.29, 1.82) is 0 Å². The van der Waals surface area contributed by atoms with E-state index in [0.717, 1.165) is 13.8 Å². The van der Waals surface area contributed by atoms with Crippen molar-refractivity contribution in [2.24, 2.45) is 0 Å². The first-order valence-electron chi connectivity index (χ1n) is 4.57. The predicted octanol–water partition coefficient (Wildman–Crippen LogP) is 5.66. The van der Waals surface area contributed by atoms with E-state index in [9.17, 15) is 5.11 Å². The lowest BCUT2D eigenvalue weighted by molar-refractivity contribution is 0.224. The van der Waals surface area contributed by atoms with E-state index < -0.39 is 6.10 Å². The SMILES string of the molecule is OC(c1cc(Br)c(Cl)s1)c1ccc(Br)cc1Cl. The smallest absolute Gasteiger partial charge is 0.115 e. The monoisotopic (exact) mass is 414 g/mol. The van der Waals surface area contributed by atoms with Gasteiger partial charge < -0.3 is 5.11 Å². The van der Waals surface area contributed by atoms with E-state index in [0.29, 0.717) is 14.9 Å². The Morgan fingerprint density at radius 2 is 1.88 bits per heavy atom. The van der Waals surface area contributed by atoms with Crippen LogP contribution < -0.4 is 0 Å². The van der Waals surface area contributed by atoms with Crippen LogP contribution in [0.5, 0.6) is 0 Å². The molecule has 1 nitrogen and oxygen atoms in total. The van der Waals surface area contributed by atoms with Gasteiger partial charge in [-0.15, -0.1) is 11.3 Å². The topological polar surface area (TPSA) is 20.2 Å². The lowest BCUT2D eigenvalue weighted by Gasteiger charge is -2.10. The molecule has 17 heavy (non-hydrogen) atoms. The minimum absolute atomic E-state index is 0.521. The molecule has 2 rings (SSSR count). The van der Waals surface area contributed by atoms with Gasteiger partial charge in [0.25, 0.3) is 0 Å². The molecule has 1 unspecified atom stereocenters. The number of thiophene rings is 1. The number of hydrogen-bond donors (Lipinski definition) is 1. The van der Waals surface area contributed by atoms with Crippen molar-refractivity contribution in [3.05, 3.63) is 53.0 Å². The molecule has 1 atom stereocenters. The highest BCUT2D eigenvalue weighted by Crippen LogP contribution is 2.39. The van der Waals surface area contributed by atoms with Gasteiger partial charge in [-0.25, -0.2) is 0 Å². The fourth-order valence-electron chi connectivity index (χ4n) is 1.37. The Bertz CT molecular complexity index is 537. The van der Waals surface area contributed by atoms with Gasteiger partial charge in [-0.2, -0.15) is 0 Å². The molecule has 0 amide bonds. The van der Waals surface area contributed by atoms with Crippen molar-refractivity contribution in [2.75, 3.05) is 0 Å². The van der Waals surface area contributed by atoms with Crippen molar-refractivity contribution in [2.45, 2.75) is 6.10 Å². The molecule has 0 aliphatic carbocycles. The number of aliphatic hydroxyl groups is 1. The average molecular weight is 417 g/mol. The van der Waals surface area contributed by atoms with Crippen molar-refractivity contribution in [1.82, 2.24) is 0 Å². The molecule has 1 aromatic heterocycles. The van der Waals surface area contributed by atoms with Crippen LogP contribution in [-0.4, -0.2) is 5.11 Å². The molecular formula is C11H6Br2Cl2OS. The summed E-state index contributed by atoms with van der Waals surface area (Å²) in [4.78, 5) is 0.756. The lowest BCUT2D eigenvalue weighted by Crippen LogP contribution is -1.97. The maximum absolute atomic E-state index is 10.2. The van der Waals surface area contributed by atoms with Crippen LogP contribution >= 0.6 is 66.4 Å². The first-order chi connectivity index (χ1) is 7.99. The summed E-state index contributed by atoms with van der Waals surface area (Å²) in [5.74, 6) is 0. The maximum atomic E-state index is 10.2. The first-order valence-corrected chi connectivity index (χ1v) is 7.72. The highest BCUT2D eigenvalue weighted by atomic mass is 79.9. The summed E-state index contributed by atoms with van der Waals surface area (Å²) in [6.45, 7) is 0. The molecule has 0 radical (unpaired) electrons. The normalized spacial score (nSPS) is 12.8. The van der Waals surface area contributed by atoms with Crippen LogP contribution in [0.2, 0.25) is 9.36 Å². The second-order valence-electron chi connectivity index (χ2n) is 3.34. The van der Waals surface area contributed by atoms with Crippen molar-refractivity contribution < 1.29 is 5.11 Å². The Labute approximate surface area is 130 Å². The van der Waals surface area contributed by atoms with E-state index in [2.05, 4.69) is 31.9 Å². The molecule has 0 saturated carbocycles. The minimum atomic E-state index is -0.760. The summed E-state index contributed by atoms with van der Waals surface area (Å²) >= 11 is 20.0. The zero-order valence-electron chi connectivity index (χ0n) is 8.25. The van der Waals surface area contributed by atoms with Crippen molar-refractivity contribution >= 4 is 66.4 Å². The molecule has 0 spiro atoms. The Hall–Kier alpha value is 0.420. The third-order valence-corrected chi connectivity index (χ3v) is 5.54. The minimum Gasteiger partial charge on any atom is -0.383 e. The van der Waals surface area contributed by atoms with Crippen LogP contribution in [0.25, 0.3) is 0 Å². The zero-order chi connectivity index (χ0) is 12.6. The quantitative estimate of drug-likeness (QED) is 0.669. The fraction of sp³-hybridized carbons (Fsp3) is 0.0909. The Morgan fingerprint density at radius 3 is 2.41 bits per heavy atom. The predicted molar refractivity (Wildman–Crippen MR) is 80.2 cm³/mol. The Balaban J connectivity index is 2.39. The van der Waals surface area contributed by atoms with Crippen LogP contribution in [0, 0.1) is 0 Å². The molecule has 0 fully saturated rings. The number of rotatable bonds is 2. The lowest BCUT2D eigenvalue weighted by atomic mass is 10.1. The van der Waals surface area contributed by atoms with Gasteiger partial charge in [-0.3, -0.25) is 0 Å². The molecule has 0 saturated heterocycles. The first kappa shape index (κ1) is 13.8. The molecule has 1 heterocycles. The van der Waals surface area contributed by atoms with Gasteiger partial charge in [0.1, 0.15) is 10.4 Å². The Kier molecular flexibility index (Phi) is 4.55. The molecule has 0 aliphatic heterocycles. The van der Waals surface area contributed by atoms with Gasteiger partial charge in [0.05, 0.1) is 0 Å². The summed E-state index contributed by atoms with van der Waals surface area (Å²) in [7, 11) is 0. The number of hydrogen-bond acceptors (Lipinski definition) is 2. The van der Waals surface area contributed by atoms with Gasteiger partial charge in [0.2, 0.25) is 0 Å². The van der Waals surface area contributed by atoms with E-state index in [1.165, 1.54) is 11.3 Å². The van der Waals surface area contributed by atoms with Crippen LogP contribution in [0.15, 0.2) is 33.2 Å². The molecule has 2 aromatic rings. The van der Waals surface area contributed by atoms with Crippen molar-refractivity contribution in [3.63, 3.8) is 0 Å². The summed E-state index contributed by atoms with van der Waals surface area (Å²) in [6, 6.07) is 7.19. The second kappa shape index (κ2) is 5.59. The molecule has 0 aliphatic rings. The third kappa shape index (κ3) is 3.06. The van der Waals surface area contributed by atoms with Crippen LogP contribution in [0.3, 0.4) is 0 Å². The van der Waals surface area contributed by atoms with E-state index in [4.69, 9.17) is 23.2 Å². The van der Waals surface area contributed by atoms with Crippen LogP contribution in [-0.2, 0) is 0 Å². The van der Waals surface area contributed by atoms with E-state index >= 15 is 0 Å². The van der Waals surface area contributed by atoms with Crippen LogP contribution in [0.4, 0.5) is 0 Å². The molecule has 90 valence electrons. The summed E-state index contributed by atoms with van der Waals surface area (Å²) in [5, 5.41) is 10.8. The molecule has 0 bridgehead atoms. The average Bonchev–Trinajstić information content (AvgIpc) is 2.58. The van der Waals surface area contributed by atoms with Crippen molar-refractivity contribution in [3.8, 4) is 0 Å².